The first-order valence-electron chi connectivity index (χ1n) is 12.6. The zero-order valence-electron chi connectivity index (χ0n) is 22.2. The number of aromatic nitrogens is 2. The number of nitrogens with one attached hydrogen (secondary N) is 4. The van der Waals surface area contributed by atoms with E-state index in [0.29, 0.717) is 5.69 Å². The van der Waals surface area contributed by atoms with E-state index < -0.39 is 60.2 Å². The summed E-state index contributed by atoms with van der Waals surface area (Å²) in [4.78, 5) is 72.6. The zero-order chi connectivity index (χ0) is 30.4. The number of aliphatic imine (C=N–C) groups is 1. The number of carboxylic acids is 2. The fraction of sp³-hybridized carbons (Fsp3) is 0.400. The third kappa shape index (κ3) is 11.7. The van der Waals surface area contributed by atoms with E-state index in [1.807, 2.05) is 0 Å². The minimum atomic E-state index is -1.57. The first-order chi connectivity index (χ1) is 19.5. The molecule has 3 amide bonds. The van der Waals surface area contributed by atoms with Crippen molar-refractivity contribution in [3.05, 3.63) is 54.1 Å². The van der Waals surface area contributed by atoms with Crippen LogP contribution >= 0.6 is 0 Å². The Kier molecular flexibility index (Phi) is 12.7. The maximum absolute atomic E-state index is 13.1. The fourth-order valence-electron chi connectivity index (χ4n) is 3.76. The number of aliphatic carboxylic acids is 2. The summed E-state index contributed by atoms with van der Waals surface area (Å²) in [5, 5.41) is 26.0. The van der Waals surface area contributed by atoms with Gasteiger partial charge in [-0.25, -0.2) is 9.78 Å². The smallest absolute Gasteiger partial charge is 0.326 e. The number of guanidine groups is 1. The van der Waals surface area contributed by atoms with Gasteiger partial charge in [-0.15, -0.1) is 0 Å². The molecule has 2 aromatic rings. The predicted molar refractivity (Wildman–Crippen MR) is 146 cm³/mol. The average Bonchev–Trinajstić information content (AvgIpc) is 3.42. The first-order valence-corrected chi connectivity index (χ1v) is 12.6. The average molecular weight is 574 g/mol. The van der Waals surface area contributed by atoms with E-state index in [2.05, 4.69) is 30.9 Å². The Morgan fingerprint density at radius 2 is 1.54 bits per heavy atom. The molecule has 0 radical (unpaired) electrons. The van der Waals surface area contributed by atoms with Gasteiger partial charge >= 0.3 is 11.9 Å². The fourth-order valence-corrected chi connectivity index (χ4v) is 3.76. The third-order valence-corrected chi connectivity index (χ3v) is 5.82. The van der Waals surface area contributed by atoms with Gasteiger partial charge in [-0.2, -0.15) is 0 Å². The van der Waals surface area contributed by atoms with Gasteiger partial charge in [0.15, 0.2) is 5.96 Å². The predicted octanol–water partition coefficient (Wildman–Crippen LogP) is -2.41. The normalized spacial score (nSPS) is 13.6. The Bertz CT molecular complexity index is 1200. The van der Waals surface area contributed by atoms with Gasteiger partial charge in [0.25, 0.3) is 0 Å². The number of imidazole rings is 1. The number of hydrogen-bond acceptors (Lipinski definition) is 8. The van der Waals surface area contributed by atoms with Crippen LogP contribution in [0, 0.1) is 0 Å². The summed E-state index contributed by atoms with van der Waals surface area (Å²) in [7, 11) is 0. The monoisotopic (exact) mass is 573 g/mol. The highest BCUT2D eigenvalue weighted by atomic mass is 16.4. The molecule has 16 nitrogen and oxygen atoms in total. The van der Waals surface area contributed by atoms with Crippen LogP contribution in [0.1, 0.15) is 30.5 Å². The second-order valence-electron chi connectivity index (χ2n) is 9.15. The highest BCUT2D eigenvalue weighted by Gasteiger charge is 2.31. The van der Waals surface area contributed by atoms with Gasteiger partial charge in [0.05, 0.1) is 18.8 Å². The quantitative estimate of drug-likeness (QED) is 0.0545. The maximum atomic E-state index is 13.1. The van der Waals surface area contributed by atoms with Gasteiger partial charge in [0, 0.05) is 24.9 Å². The van der Waals surface area contributed by atoms with Crippen molar-refractivity contribution in [3.63, 3.8) is 0 Å². The molecule has 4 atom stereocenters. The molecule has 0 bridgehead atoms. The van der Waals surface area contributed by atoms with Crippen LogP contribution in [-0.2, 0) is 36.8 Å². The molecule has 0 aliphatic carbocycles. The van der Waals surface area contributed by atoms with Crippen LogP contribution in [0.3, 0.4) is 0 Å². The van der Waals surface area contributed by atoms with Gasteiger partial charge in [-0.1, -0.05) is 30.3 Å². The van der Waals surface area contributed by atoms with E-state index in [9.17, 15) is 34.2 Å². The largest absolute Gasteiger partial charge is 0.481 e. The number of aromatic amines is 1. The van der Waals surface area contributed by atoms with Crippen LogP contribution in [-0.4, -0.2) is 86.5 Å². The van der Waals surface area contributed by atoms with Crippen LogP contribution in [0.25, 0.3) is 0 Å². The molecule has 0 fully saturated rings. The highest BCUT2D eigenvalue weighted by Crippen LogP contribution is 2.06. The summed E-state index contributed by atoms with van der Waals surface area (Å²) in [5.74, 6) is -5.50. The van der Waals surface area contributed by atoms with Gasteiger partial charge < -0.3 is 48.3 Å². The molecule has 0 saturated carbocycles. The molecule has 0 spiro atoms. The number of carbonyl (C=O) groups is 5. The molecule has 1 aromatic heterocycles. The molecule has 1 heterocycles. The van der Waals surface area contributed by atoms with Crippen molar-refractivity contribution in [2.45, 2.75) is 56.3 Å². The molecule has 0 aliphatic heterocycles. The topological polar surface area (TPSA) is 281 Å². The molecular formula is C25H35N9O7. The maximum Gasteiger partial charge on any atom is 0.326 e. The van der Waals surface area contributed by atoms with Gasteiger partial charge in [0.1, 0.15) is 18.1 Å². The van der Waals surface area contributed by atoms with Crippen molar-refractivity contribution in [2.24, 2.45) is 22.2 Å². The number of H-pyrrole nitrogens is 1. The lowest BCUT2D eigenvalue weighted by molar-refractivity contribution is -0.143. The van der Waals surface area contributed by atoms with Crippen LogP contribution in [0.4, 0.5) is 0 Å². The lowest BCUT2D eigenvalue weighted by atomic mass is 10.0. The number of hydrogen-bond donors (Lipinski definition) is 9. The number of nitrogens with two attached hydrogens (primary N) is 3. The van der Waals surface area contributed by atoms with Crippen molar-refractivity contribution in [2.75, 3.05) is 6.54 Å². The van der Waals surface area contributed by atoms with Crippen molar-refractivity contribution in [1.29, 1.82) is 0 Å². The number of benzene rings is 1. The summed E-state index contributed by atoms with van der Waals surface area (Å²) in [5.41, 5.74) is 17.8. The Morgan fingerprint density at radius 1 is 0.902 bits per heavy atom. The molecule has 4 unspecified atom stereocenters. The number of amides is 3. The summed E-state index contributed by atoms with van der Waals surface area (Å²) < 4.78 is 0. The van der Waals surface area contributed by atoms with E-state index in [1.165, 1.54) is 12.5 Å². The highest BCUT2D eigenvalue weighted by molar-refractivity contribution is 5.95. The molecule has 1 aromatic carbocycles. The molecule has 0 saturated heterocycles. The summed E-state index contributed by atoms with van der Waals surface area (Å²) in [6.45, 7) is 0.0993. The van der Waals surface area contributed by atoms with Crippen LogP contribution in [0.15, 0.2) is 47.8 Å². The molecule has 2 rings (SSSR count). The minimum absolute atomic E-state index is 0.0357. The summed E-state index contributed by atoms with van der Waals surface area (Å²) in [6, 6.07) is 3.51. The summed E-state index contributed by atoms with van der Waals surface area (Å²) in [6.07, 6.45) is 2.14. The Hall–Kier alpha value is -4.99. The SMILES string of the molecule is NC(N)=NCCCC(NC(=O)C(CC(=O)O)NC(=O)C(N)Cc1ccccc1)C(=O)NC(Cc1cnc[nH]1)C(=O)O. The second kappa shape index (κ2) is 16.2. The lowest BCUT2D eigenvalue weighted by Gasteiger charge is -2.24. The van der Waals surface area contributed by atoms with Gasteiger partial charge in [0.2, 0.25) is 17.7 Å². The minimum Gasteiger partial charge on any atom is -0.481 e. The molecule has 0 aliphatic rings. The van der Waals surface area contributed by atoms with Crippen molar-refractivity contribution >= 4 is 35.6 Å². The Balaban J connectivity index is 2.15. The van der Waals surface area contributed by atoms with E-state index >= 15 is 0 Å². The van der Waals surface area contributed by atoms with Crippen LogP contribution < -0.4 is 33.2 Å². The number of nitrogens with zero attached hydrogens (tertiary/aromatic N) is 2. The van der Waals surface area contributed by atoms with Crippen molar-refractivity contribution in [3.8, 4) is 0 Å². The van der Waals surface area contributed by atoms with E-state index in [0.717, 1.165) is 5.56 Å². The lowest BCUT2D eigenvalue weighted by Crippen LogP contribution is -2.57. The molecule has 41 heavy (non-hydrogen) atoms. The third-order valence-electron chi connectivity index (χ3n) is 5.82. The zero-order valence-corrected chi connectivity index (χ0v) is 22.2. The number of carbonyl (C=O) groups excluding carboxylic acids is 3. The Morgan fingerprint density at radius 3 is 2.12 bits per heavy atom. The van der Waals surface area contributed by atoms with Gasteiger partial charge in [-0.3, -0.25) is 24.2 Å². The molecular weight excluding hydrogens is 538 g/mol. The Labute approximate surface area is 235 Å². The van der Waals surface area contributed by atoms with E-state index in [1.54, 1.807) is 30.3 Å². The standard InChI is InChI=1S/C25H35N9O7/c26-16(9-14-5-2-1-3-6-14)21(37)33-18(11-20(35)36)23(39)32-17(7-4-8-30-25(27)28)22(38)34-19(24(40)41)10-15-12-29-13-31-15/h1-3,5-6,12-13,16-19H,4,7-11,26H2,(H,29,31)(H,32,39)(H,33,37)(H,34,38)(H,35,36)(H,40,41)(H4,27,28,30). The number of rotatable bonds is 17. The van der Waals surface area contributed by atoms with Crippen LogP contribution in [0.5, 0.6) is 0 Å². The van der Waals surface area contributed by atoms with Gasteiger partial charge in [-0.05, 0) is 24.8 Å². The summed E-state index contributed by atoms with van der Waals surface area (Å²) >= 11 is 0. The van der Waals surface area contributed by atoms with Crippen LogP contribution in [0.2, 0.25) is 0 Å². The van der Waals surface area contributed by atoms with Crippen molar-refractivity contribution in [1.82, 2.24) is 25.9 Å². The first kappa shape index (κ1) is 32.2. The van der Waals surface area contributed by atoms with E-state index in [-0.39, 0.29) is 38.2 Å². The molecule has 16 heteroatoms. The molecule has 12 N–H and O–H groups in total. The van der Waals surface area contributed by atoms with Crippen molar-refractivity contribution < 1.29 is 34.2 Å². The van der Waals surface area contributed by atoms with E-state index in [4.69, 9.17) is 17.2 Å². The second-order valence-corrected chi connectivity index (χ2v) is 9.15. The molecule has 222 valence electrons. The number of carboxylic acid groups (broad SMARTS) is 2.